The van der Waals surface area contributed by atoms with Crippen molar-refractivity contribution in [1.29, 1.82) is 0 Å². The molecule has 0 saturated carbocycles. The maximum Gasteiger partial charge on any atom is 0.0397 e. The van der Waals surface area contributed by atoms with E-state index >= 15 is 0 Å². The van der Waals surface area contributed by atoms with Crippen LogP contribution >= 0.6 is 0 Å². The number of nitrogens with zero attached hydrogens (tertiary/aromatic N) is 2. The number of hydrogen-bond donors (Lipinski definition) is 1. The first-order valence-corrected chi connectivity index (χ1v) is 5.48. The molecule has 2 rings (SSSR count). The highest BCUT2D eigenvalue weighted by Gasteiger charge is 2.15. The first-order valence-electron chi connectivity index (χ1n) is 5.48. The highest BCUT2D eigenvalue weighted by Crippen LogP contribution is 2.21. The van der Waals surface area contributed by atoms with Gasteiger partial charge in [-0.05, 0) is 25.5 Å². The van der Waals surface area contributed by atoms with Gasteiger partial charge in [0.25, 0.3) is 0 Å². The van der Waals surface area contributed by atoms with Crippen molar-refractivity contribution < 1.29 is 0 Å². The average molecular weight is 205 g/mol. The molecule has 0 spiro atoms. The van der Waals surface area contributed by atoms with Crippen molar-refractivity contribution in [2.75, 3.05) is 31.1 Å². The zero-order chi connectivity index (χ0) is 10.8. The second kappa shape index (κ2) is 4.21. The van der Waals surface area contributed by atoms with Crippen LogP contribution in [0.3, 0.4) is 0 Å². The Morgan fingerprint density at radius 2 is 1.73 bits per heavy atom. The number of aryl methyl sites for hydroxylation is 2. The number of rotatable bonds is 1. The molecule has 0 amide bonds. The molecule has 0 atom stereocenters. The van der Waals surface area contributed by atoms with E-state index in [9.17, 15) is 0 Å². The summed E-state index contributed by atoms with van der Waals surface area (Å²) >= 11 is 0. The normalized spacial score (nSPS) is 18.2. The Labute approximate surface area is 91.4 Å². The molecule has 0 aliphatic carbocycles. The Bertz CT molecular complexity index is 341. The molecule has 3 heteroatoms. The quantitative estimate of drug-likeness (QED) is 0.701. The van der Waals surface area contributed by atoms with E-state index in [1.807, 2.05) is 5.01 Å². The molecular weight excluding hydrogens is 186 g/mol. The zero-order valence-electron chi connectivity index (χ0n) is 9.53. The van der Waals surface area contributed by atoms with E-state index in [-0.39, 0.29) is 0 Å². The average Bonchev–Trinajstić information content (AvgIpc) is 2.20. The maximum atomic E-state index is 5.74. The summed E-state index contributed by atoms with van der Waals surface area (Å²) in [5.74, 6) is 5.74. The summed E-state index contributed by atoms with van der Waals surface area (Å²) in [4.78, 5) is 2.41. The van der Waals surface area contributed by atoms with Gasteiger partial charge in [-0.15, -0.1) is 0 Å². The highest BCUT2D eigenvalue weighted by molar-refractivity contribution is 5.54. The highest BCUT2D eigenvalue weighted by atomic mass is 15.4. The molecule has 1 aliphatic heterocycles. The number of benzene rings is 1. The van der Waals surface area contributed by atoms with E-state index in [1.54, 1.807) is 0 Å². The first kappa shape index (κ1) is 10.5. The van der Waals surface area contributed by atoms with Gasteiger partial charge in [0.15, 0.2) is 0 Å². The summed E-state index contributed by atoms with van der Waals surface area (Å²) in [5, 5.41) is 1.89. The van der Waals surface area contributed by atoms with Crippen molar-refractivity contribution in [2.45, 2.75) is 13.8 Å². The van der Waals surface area contributed by atoms with Crippen molar-refractivity contribution in [3.63, 3.8) is 0 Å². The van der Waals surface area contributed by atoms with E-state index in [2.05, 4.69) is 36.9 Å². The Hall–Kier alpha value is -1.06. The first-order chi connectivity index (χ1) is 7.16. The number of nitrogens with two attached hydrogens (primary N) is 1. The van der Waals surface area contributed by atoms with Crippen LogP contribution in [0.25, 0.3) is 0 Å². The molecule has 82 valence electrons. The topological polar surface area (TPSA) is 32.5 Å². The largest absolute Gasteiger partial charge is 0.369 e. The third-order valence-electron chi connectivity index (χ3n) is 3.01. The van der Waals surface area contributed by atoms with Crippen LogP contribution in [0.5, 0.6) is 0 Å². The van der Waals surface area contributed by atoms with Gasteiger partial charge in [-0.1, -0.05) is 17.7 Å². The fourth-order valence-corrected chi connectivity index (χ4v) is 2.12. The standard InChI is InChI=1S/C12H19N3/c1-10-3-4-12(11(2)9-10)14-5-7-15(13)8-6-14/h3-4,9H,5-8,13H2,1-2H3. The van der Waals surface area contributed by atoms with Gasteiger partial charge in [0.1, 0.15) is 0 Å². The van der Waals surface area contributed by atoms with Crippen LogP contribution < -0.4 is 10.7 Å². The van der Waals surface area contributed by atoms with Crippen molar-refractivity contribution in [1.82, 2.24) is 5.01 Å². The predicted molar refractivity (Wildman–Crippen MR) is 63.9 cm³/mol. The summed E-state index contributed by atoms with van der Waals surface area (Å²) in [6.45, 7) is 8.27. The SMILES string of the molecule is Cc1ccc(N2CCN(N)CC2)c(C)c1. The molecule has 0 unspecified atom stereocenters. The lowest BCUT2D eigenvalue weighted by molar-refractivity contribution is 0.266. The Kier molecular flexibility index (Phi) is 2.93. The molecule has 1 fully saturated rings. The molecule has 1 heterocycles. The Morgan fingerprint density at radius 1 is 1.07 bits per heavy atom. The van der Waals surface area contributed by atoms with Gasteiger partial charge in [-0.25, -0.2) is 5.01 Å². The third-order valence-corrected chi connectivity index (χ3v) is 3.01. The van der Waals surface area contributed by atoms with Crippen LogP contribution in [0.2, 0.25) is 0 Å². The van der Waals surface area contributed by atoms with Crippen LogP contribution in [-0.4, -0.2) is 31.2 Å². The maximum absolute atomic E-state index is 5.74. The van der Waals surface area contributed by atoms with Gasteiger partial charge in [0.05, 0.1) is 0 Å². The zero-order valence-corrected chi connectivity index (χ0v) is 9.53. The number of hydrogen-bond acceptors (Lipinski definition) is 3. The van der Waals surface area contributed by atoms with E-state index in [1.165, 1.54) is 16.8 Å². The molecule has 3 nitrogen and oxygen atoms in total. The number of hydrazine groups is 1. The van der Waals surface area contributed by atoms with Crippen molar-refractivity contribution >= 4 is 5.69 Å². The van der Waals surface area contributed by atoms with Crippen LogP contribution in [0.1, 0.15) is 11.1 Å². The number of anilines is 1. The van der Waals surface area contributed by atoms with Crippen LogP contribution in [-0.2, 0) is 0 Å². The minimum absolute atomic E-state index is 0.952. The van der Waals surface area contributed by atoms with Gasteiger partial charge in [-0.3, -0.25) is 5.84 Å². The second-order valence-corrected chi connectivity index (χ2v) is 4.31. The lowest BCUT2D eigenvalue weighted by Gasteiger charge is -2.34. The van der Waals surface area contributed by atoms with Gasteiger partial charge >= 0.3 is 0 Å². The molecule has 0 radical (unpaired) electrons. The summed E-state index contributed by atoms with van der Waals surface area (Å²) in [7, 11) is 0. The van der Waals surface area contributed by atoms with Gasteiger partial charge in [-0.2, -0.15) is 0 Å². The predicted octanol–water partition coefficient (Wildman–Crippen LogP) is 1.30. The second-order valence-electron chi connectivity index (χ2n) is 4.31. The monoisotopic (exact) mass is 205 g/mol. The third kappa shape index (κ3) is 2.30. The summed E-state index contributed by atoms with van der Waals surface area (Å²) in [5.41, 5.74) is 4.04. The smallest absolute Gasteiger partial charge is 0.0397 e. The summed E-state index contributed by atoms with van der Waals surface area (Å²) < 4.78 is 0. The Balaban J connectivity index is 2.15. The van der Waals surface area contributed by atoms with Gasteiger partial charge in [0.2, 0.25) is 0 Å². The fraction of sp³-hybridized carbons (Fsp3) is 0.500. The minimum atomic E-state index is 0.952. The molecule has 1 aliphatic rings. The van der Waals surface area contributed by atoms with E-state index in [0.717, 1.165) is 26.2 Å². The number of piperazine rings is 1. The lowest BCUT2D eigenvalue weighted by atomic mass is 10.1. The summed E-state index contributed by atoms with van der Waals surface area (Å²) in [6.07, 6.45) is 0. The van der Waals surface area contributed by atoms with Crippen molar-refractivity contribution in [3.05, 3.63) is 29.3 Å². The minimum Gasteiger partial charge on any atom is -0.369 e. The van der Waals surface area contributed by atoms with Crippen LogP contribution in [0.4, 0.5) is 5.69 Å². The van der Waals surface area contributed by atoms with Crippen molar-refractivity contribution in [3.8, 4) is 0 Å². The summed E-state index contributed by atoms with van der Waals surface area (Å²) in [6, 6.07) is 6.64. The molecule has 1 saturated heterocycles. The molecule has 1 aromatic carbocycles. The molecule has 15 heavy (non-hydrogen) atoms. The van der Waals surface area contributed by atoms with Crippen LogP contribution in [0, 0.1) is 13.8 Å². The van der Waals surface area contributed by atoms with E-state index in [0.29, 0.717) is 0 Å². The van der Waals surface area contributed by atoms with E-state index < -0.39 is 0 Å². The van der Waals surface area contributed by atoms with Gasteiger partial charge in [0, 0.05) is 31.9 Å². The molecule has 1 aromatic rings. The Morgan fingerprint density at radius 3 is 2.33 bits per heavy atom. The molecule has 0 aromatic heterocycles. The van der Waals surface area contributed by atoms with Crippen LogP contribution in [0.15, 0.2) is 18.2 Å². The van der Waals surface area contributed by atoms with E-state index in [4.69, 9.17) is 5.84 Å². The molecule has 2 N–H and O–H groups in total. The fourth-order valence-electron chi connectivity index (χ4n) is 2.12. The van der Waals surface area contributed by atoms with Crippen molar-refractivity contribution in [2.24, 2.45) is 5.84 Å². The lowest BCUT2D eigenvalue weighted by Crippen LogP contribution is -2.49. The van der Waals surface area contributed by atoms with Gasteiger partial charge < -0.3 is 4.90 Å². The molecular formula is C12H19N3. The molecule has 0 bridgehead atoms.